The Morgan fingerprint density at radius 3 is 2.93 bits per heavy atom. The molecule has 1 aliphatic rings. The minimum absolute atomic E-state index is 0.264. The fourth-order valence-corrected chi connectivity index (χ4v) is 2.94. The van der Waals surface area contributed by atoms with Gasteiger partial charge >= 0.3 is 6.09 Å². The third kappa shape index (κ3) is 3.78. The van der Waals surface area contributed by atoms with Gasteiger partial charge in [0, 0.05) is 11.3 Å². The summed E-state index contributed by atoms with van der Waals surface area (Å²) in [5.74, 6) is 1.16. The molecule has 0 spiro atoms. The molecule has 0 aromatic rings. The standard InChI is InChI=1S/C10H19NO2S/c1-3-13-10(12)11-8-5-6-9(7-8)14-4-2/h8-9H,3-7H2,1-2H3,(H,11,12). The lowest BCUT2D eigenvalue weighted by atomic mass is 10.3. The van der Waals surface area contributed by atoms with Gasteiger partial charge in [-0.3, -0.25) is 0 Å². The van der Waals surface area contributed by atoms with Crippen LogP contribution in [0.4, 0.5) is 4.79 Å². The number of amides is 1. The Hall–Kier alpha value is -0.380. The third-order valence-electron chi connectivity index (χ3n) is 2.38. The van der Waals surface area contributed by atoms with Gasteiger partial charge in [-0.15, -0.1) is 0 Å². The van der Waals surface area contributed by atoms with Gasteiger partial charge in [-0.05, 0) is 31.9 Å². The first-order valence-corrected chi connectivity index (χ1v) is 6.36. The average molecular weight is 217 g/mol. The molecule has 0 aromatic carbocycles. The van der Waals surface area contributed by atoms with E-state index in [-0.39, 0.29) is 6.09 Å². The van der Waals surface area contributed by atoms with Crippen molar-refractivity contribution in [1.82, 2.24) is 5.32 Å². The van der Waals surface area contributed by atoms with Gasteiger partial charge in [0.15, 0.2) is 0 Å². The van der Waals surface area contributed by atoms with E-state index < -0.39 is 0 Å². The van der Waals surface area contributed by atoms with Crippen molar-refractivity contribution < 1.29 is 9.53 Å². The van der Waals surface area contributed by atoms with Crippen LogP contribution in [0, 0.1) is 0 Å². The molecule has 1 saturated carbocycles. The molecular weight excluding hydrogens is 198 g/mol. The van der Waals surface area contributed by atoms with E-state index in [0.717, 1.165) is 23.8 Å². The minimum Gasteiger partial charge on any atom is -0.450 e. The molecule has 1 amide bonds. The molecule has 0 saturated heterocycles. The SMILES string of the molecule is CCOC(=O)NC1CCC(SCC)C1. The Kier molecular flexibility index (Phi) is 5.15. The average Bonchev–Trinajstić information content (AvgIpc) is 2.53. The maximum absolute atomic E-state index is 11.1. The van der Waals surface area contributed by atoms with Crippen molar-refractivity contribution in [2.24, 2.45) is 0 Å². The first-order chi connectivity index (χ1) is 6.76. The van der Waals surface area contributed by atoms with Crippen LogP contribution in [0.1, 0.15) is 33.1 Å². The predicted octanol–water partition coefficient (Wildman–Crippen LogP) is 2.41. The number of ether oxygens (including phenoxy) is 1. The summed E-state index contributed by atoms with van der Waals surface area (Å²) in [6.45, 7) is 4.45. The molecule has 1 N–H and O–H groups in total. The van der Waals surface area contributed by atoms with Gasteiger partial charge in [0.2, 0.25) is 0 Å². The largest absolute Gasteiger partial charge is 0.450 e. The Morgan fingerprint density at radius 1 is 1.50 bits per heavy atom. The summed E-state index contributed by atoms with van der Waals surface area (Å²) in [7, 11) is 0. The second kappa shape index (κ2) is 6.17. The van der Waals surface area contributed by atoms with Crippen molar-refractivity contribution in [3.63, 3.8) is 0 Å². The highest BCUT2D eigenvalue weighted by Crippen LogP contribution is 2.29. The first-order valence-electron chi connectivity index (χ1n) is 5.31. The molecule has 82 valence electrons. The smallest absolute Gasteiger partial charge is 0.407 e. The molecule has 0 aromatic heterocycles. The summed E-state index contributed by atoms with van der Waals surface area (Å²) in [4.78, 5) is 11.1. The van der Waals surface area contributed by atoms with E-state index in [2.05, 4.69) is 12.2 Å². The molecule has 1 rings (SSSR count). The van der Waals surface area contributed by atoms with Crippen LogP contribution in [0.15, 0.2) is 0 Å². The maximum Gasteiger partial charge on any atom is 0.407 e. The van der Waals surface area contributed by atoms with Crippen molar-refractivity contribution in [2.45, 2.75) is 44.4 Å². The topological polar surface area (TPSA) is 38.3 Å². The molecule has 2 unspecified atom stereocenters. The van der Waals surface area contributed by atoms with E-state index in [4.69, 9.17) is 4.74 Å². The molecule has 0 bridgehead atoms. The van der Waals surface area contributed by atoms with Crippen LogP contribution in [0.2, 0.25) is 0 Å². The van der Waals surface area contributed by atoms with Crippen LogP contribution >= 0.6 is 11.8 Å². The highest BCUT2D eigenvalue weighted by Gasteiger charge is 2.25. The molecule has 4 heteroatoms. The van der Waals surface area contributed by atoms with Gasteiger partial charge in [-0.2, -0.15) is 11.8 Å². The second-order valence-electron chi connectivity index (χ2n) is 3.45. The molecule has 2 atom stereocenters. The number of thioether (sulfide) groups is 1. The number of alkyl carbamates (subject to hydrolysis) is 1. The summed E-state index contributed by atoms with van der Waals surface area (Å²) < 4.78 is 4.84. The fraction of sp³-hybridized carbons (Fsp3) is 0.900. The Bertz CT molecular complexity index is 187. The lowest BCUT2D eigenvalue weighted by Crippen LogP contribution is -2.33. The number of carbonyl (C=O) groups is 1. The molecule has 14 heavy (non-hydrogen) atoms. The Morgan fingerprint density at radius 2 is 2.29 bits per heavy atom. The summed E-state index contributed by atoms with van der Waals surface area (Å²) in [6.07, 6.45) is 3.14. The van der Waals surface area contributed by atoms with E-state index in [1.807, 2.05) is 18.7 Å². The molecule has 1 aliphatic carbocycles. The van der Waals surface area contributed by atoms with Crippen LogP contribution in [0.25, 0.3) is 0 Å². The molecule has 0 radical (unpaired) electrons. The quantitative estimate of drug-likeness (QED) is 0.786. The van der Waals surface area contributed by atoms with Gasteiger partial charge in [0.05, 0.1) is 6.61 Å². The van der Waals surface area contributed by atoms with Gasteiger partial charge in [0.25, 0.3) is 0 Å². The first kappa shape index (κ1) is 11.7. The van der Waals surface area contributed by atoms with Crippen LogP contribution < -0.4 is 5.32 Å². The number of hydrogen-bond donors (Lipinski definition) is 1. The lowest BCUT2D eigenvalue weighted by Gasteiger charge is -2.12. The van der Waals surface area contributed by atoms with Crippen molar-refractivity contribution >= 4 is 17.9 Å². The maximum atomic E-state index is 11.1. The molecule has 0 heterocycles. The molecule has 0 aliphatic heterocycles. The van der Waals surface area contributed by atoms with Crippen LogP contribution in [0.3, 0.4) is 0 Å². The van der Waals surface area contributed by atoms with Crippen molar-refractivity contribution in [2.75, 3.05) is 12.4 Å². The number of hydrogen-bond acceptors (Lipinski definition) is 3. The second-order valence-corrected chi connectivity index (χ2v) is 5.03. The van der Waals surface area contributed by atoms with E-state index >= 15 is 0 Å². The van der Waals surface area contributed by atoms with E-state index in [0.29, 0.717) is 12.6 Å². The van der Waals surface area contributed by atoms with E-state index in [1.54, 1.807) is 0 Å². The fourth-order valence-electron chi connectivity index (χ4n) is 1.80. The number of nitrogens with one attached hydrogen (secondary N) is 1. The van der Waals surface area contributed by atoms with Crippen LogP contribution in [0.5, 0.6) is 0 Å². The lowest BCUT2D eigenvalue weighted by molar-refractivity contribution is 0.148. The molecule has 1 fully saturated rings. The van der Waals surface area contributed by atoms with Gasteiger partial charge in [0.1, 0.15) is 0 Å². The zero-order valence-electron chi connectivity index (χ0n) is 8.91. The highest BCUT2D eigenvalue weighted by molar-refractivity contribution is 7.99. The molecular formula is C10H19NO2S. The van der Waals surface area contributed by atoms with Crippen molar-refractivity contribution in [1.29, 1.82) is 0 Å². The van der Waals surface area contributed by atoms with Crippen LogP contribution in [-0.4, -0.2) is 29.7 Å². The van der Waals surface area contributed by atoms with Crippen LogP contribution in [-0.2, 0) is 4.74 Å². The van der Waals surface area contributed by atoms with Gasteiger partial charge in [-0.1, -0.05) is 6.92 Å². The van der Waals surface area contributed by atoms with Crippen molar-refractivity contribution in [3.8, 4) is 0 Å². The van der Waals surface area contributed by atoms with Gasteiger partial charge in [-0.25, -0.2) is 4.79 Å². The minimum atomic E-state index is -0.264. The summed E-state index contributed by atoms with van der Waals surface area (Å²) in [5.41, 5.74) is 0. The zero-order valence-corrected chi connectivity index (χ0v) is 9.73. The third-order valence-corrected chi connectivity index (χ3v) is 3.62. The van der Waals surface area contributed by atoms with E-state index in [1.165, 1.54) is 6.42 Å². The predicted molar refractivity (Wildman–Crippen MR) is 59.7 cm³/mol. The Labute approximate surface area is 90.0 Å². The van der Waals surface area contributed by atoms with Gasteiger partial charge < -0.3 is 10.1 Å². The molecule has 3 nitrogen and oxygen atoms in total. The number of rotatable bonds is 4. The summed E-state index contributed by atoms with van der Waals surface area (Å²) in [5, 5.41) is 3.62. The summed E-state index contributed by atoms with van der Waals surface area (Å²) in [6, 6.07) is 0.332. The van der Waals surface area contributed by atoms with E-state index in [9.17, 15) is 4.79 Å². The monoisotopic (exact) mass is 217 g/mol. The van der Waals surface area contributed by atoms with Crippen molar-refractivity contribution in [3.05, 3.63) is 0 Å². The normalized spacial score (nSPS) is 26.1. The number of carbonyl (C=O) groups excluding carboxylic acids is 1. The summed E-state index contributed by atoms with van der Waals surface area (Å²) >= 11 is 1.99. The highest BCUT2D eigenvalue weighted by atomic mass is 32.2. The zero-order chi connectivity index (χ0) is 10.4. The Balaban J connectivity index is 2.18.